The summed E-state index contributed by atoms with van der Waals surface area (Å²) in [6.45, 7) is 1.96. The molecule has 0 saturated carbocycles. The van der Waals surface area contributed by atoms with Gasteiger partial charge in [0.2, 0.25) is 0 Å². The topological polar surface area (TPSA) is 48.1 Å². The van der Waals surface area contributed by atoms with Gasteiger partial charge >= 0.3 is 0 Å². The summed E-state index contributed by atoms with van der Waals surface area (Å²) in [6, 6.07) is 5.90. The number of hydrogen-bond acceptors (Lipinski definition) is 5. The molecule has 0 aliphatic heterocycles. The third-order valence-corrected chi connectivity index (χ3v) is 4.27. The lowest BCUT2D eigenvalue weighted by Gasteiger charge is -2.15. The van der Waals surface area contributed by atoms with E-state index in [9.17, 15) is 0 Å². The Morgan fingerprint density at radius 3 is 2.88 bits per heavy atom. The molecule has 2 N–H and O–H groups in total. The van der Waals surface area contributed by atoms with Crippen LogP contribution in [0.2, 0.25) is 0 Å². The Morgan fingerprint density at radius 1 is 1.47 bits per heavy atom. The number of aromatic nitrogens is 1. The van der Waals surface area contributed by atoms with E-state index in [0.717, 1.165) is 20.5 Å². The number of thiazole rings is 1. The summed E-state index contributed by atoms with van der Waals surface area (Å²) in [5.74, 6) is 0.835. The van der Waals surface area contributed by atoms with Gasteiger partial charge in [0.05, 0.1) is 7.11 Å². The normalized spacial score (nSPS) is 12.4. The first kappa shape index (κ1) is 12.4. The van der Waals surface area contributed by atoms with Crippen molar-refractivity contribution < 1.29 is 4.74 Å². The summed E-state index contributed by atoms with van der Waals surface area (Å²) in [6.07, 6.45) is 1.80. The van der Waals surface area contributed by atoms with Crippen LogP contribution in [0.1, 0.15) is 18.5 Å². The van der Waals surface area contributed by atoms with E-state index in [4.69, 9.17) is 10.5 Å². The molecule has 5 heteroatoms. The second kappa shape index (κ2) is 5.53. The molecule has 0 saturated heterocycles. The minimum absolute atomic E-state index is 0.0615. The Balaban J connectivity index is 2.39. The fraction of sp³-hybridized carbons (Fsp3) is 0.250. The molecule has 3 nitrogen and oxygen atoms in total. The lowest BCUT2D eigenvalue weighted by Crippen LogP contribution is -2.08. The van der Waals surface area contributed by atoms with E-state index >= 15 is 0 Å². The second-order valence-electron chi connectivity index (χ2n) is 3.56. The van der Waals surface area contributed by atoms with Crippen LogP contribution >= 0.6 is 23.1 Å². The van der Waals surface area contributed by atoms with E-state index in [0.29, 0.717) is 0 Å². The van der Waals surface area contributed by atoms with Crippen LogP contribution in [-0.2, 0) is 0 Å². The molecule has 0 spiro atoms. The number of hydrogen-bond donors (Lipinski definition) is 1. The summed E-state index contributed by atoms with van der Waals surface area (Å²) < 4.78 is 6.37. The molecule has 1 aromatic carbocycles. The van der Waals surface area contributed by atoms with Crippen molar-refractivity contribution in [1.82, 2.24) is 4.98 Å². The van der Waals surface area contributed by atoms with Crippen molar-refractivity contribution in [3.8, 4) is 5.75 Å². The second-order valence-corrected chi connectivity index (χ2v) is 5.74. The van der Waals surface area contributed by atoms with E-state index in [2.05, 4.69) is 4.98 Å². The van der Waals surface area contributed by atoms with Crippen molar-refractivity contribution in [2.75, 3.05) is 7.11 Å². The molecular weight excluding hydrogens is 252 g/mol. The Hall–Kier alpha value is -1.04. The Labute approximate surface area is 109 Å². The minimum Gasteiger partial charge on any atom is -0.496 e. The first-order valence-electron chi connectivity index (χ1n) is 5.22. The van der Waals surface area contributed by atoms with Gasteiger partial charge < -0.3 is 10.5 Å². The number of benzene rings is 1. The fourth-order valence-electron chi connectivity index (χ4n) is 1.59. The smallest absolute Gasteiger partial charge is 0.154 e. The molecule has 1 heterocycles. The summed E-state index contributed by atoms with van der Waals surface area (Å²) in [4.78, 5) is 5.37. The molecule has 2 rings (SSSR count). The van der Waals surface area contributed by atoms with Crippen LogP contribution in [0.15, 0.2) is 39.0 Å². The molecule has 0 aliphatic rings. The minimum atomic E-state index is -0.0615. The van der Waals surface area contributed by atoms with E-state index in [1.54, 1.807) is 36.4 Å². The summed E-state index contributed by atoms with van der Waals surface area (Å²) >= 11 is 3.25. The van der Waals surface area contributed by atoms with Crippen molar-refractivity contribution in [2.24, 2.45) is 5.73 Å². The monoisotopic (exact) mass is 266 g/mol. The van der Waals surface area contributed by atoms with Gasteiger partial charge in [0.25, 0.3) is 0 Å². The number of nitrogens with two attached hydrogens (primary N) is 1. The zero-order chi connectivity index (χ0) is 12.3. The van der Waals surface area contributed by atoms with Gasteiger partial charge in [-0.2, -0.15) is 0 Å². The molecule has 0 fully saturated rings. The van der Waals surface area contributed by atoms with Gasteiger partial charge in [0.15, 0.2) is 4.34 Å². The number of nitrogens with zero attached hydrogens (tertiary/aromatic N) is 1. The van der Waals surface area contributed by atoms with E-state index in [-0.39, 0.29) is 6.04 Å². The zero-order valence-corrected chi connectivity index (χ0v) is 11.3. The standard InChI is InChI=1S/C12H14N2OS2/c1-8(13)11-9(15-2)4-3-5-10(11)17-12-14-6-7-16-12/h3-8H,13H2,1-2H3. The summed E-state index contributed by atoms with van der Waals surface area (Å²) in [5, 5.41) is 1.97. The van der Waals surface area contributed by atoms with Crippen molar-refractivity contribution in [2.45, 2.75) is 22.2 Å². The average molecular weight is 266 g/mol. The van der Waals surface area contributed by atoms with Crippen molar-refractivity contribution in [3.05, 3.63) is 35.3 Å². The van der Waals surface area contributed by atoms with Crippen LogP contribution in [0, 0.1) is 0 Å². The molecule has 0 bridgehead atoms. The quantitative estimate of drug-likeness (QED) is 0.922. The molecule has 0 amide bonds. The third kappa shape index (κ3) is 2.80. The molecule has 0 radical (unpaired) electrons. The van der Waals surface area contributed by atoms with Crippen LogP contribution in [0.4, 0.5) is 0 Å². The van der Waals surface area contributed by atoms with Gasteiger partial charge in [-0.3, -0.25) is 0 Å². The molecular formula is C12H14N2OS2. The highest BCUT2D eigenvalue weighted by Gasteiger charge is 2.14. The maximum atomic E-state index is 6.01. The third-order valence-electron chi connectivity index (χ3n) is 2.31. The van der Waals surface area contributed by atoms with Gasteiger partial charge in [0.1, 0.15) is 5.75 Å². The lowest BCUT2D eigenvalue weighted by atomic mass is 10.1. The van der Waals surface area contributed by atoms with Crippen LogP contribution < -0.4 is 10.5 Å². The molecule has 1 atom stereocenters. The maximum Gasteiger partial charge on any atom is 0.154 e. The highest BCUT2D eigenvalue weighted by atomic mass is 32.2. The Morgan fingerprint density at radius 2 is 2.29 bits per heavy atom. The van der Waals surface area contributed by atoms with Gasteiger partial charge in [0, 0.05) is 28.1 Å². The summed E-state index contributed by atoms with van der Waals surface area (Å²) in [7, 11) is 1.67. The Kier molecular flexibility index (Phi) is 4.04. The number of methoxy groups -OCH3 is 1. The highest BCUT2D eigenvalue weighted by molar-refractivity contribution is 8.01. The Bertz CT molecular complexity index is 483. The van der Waals surface area contributed by atoms with Gasteiger partial charge in [-0.05, 0) is 19.1 Å². The largest absolute Gasteiger partial charge is 0.496 e. The molecule has 0 aliphatic carbocycles. The van der Waals surface area contributed by atoms with E-state index in [1.165, 1.54) is 0 Å². The molecule has 2 aromatic rings. The summed E-state index contributed by atoms with van der Waals surface area (Å²) in [5.41, 5.74) is 7.05. The predicted molar refractivity (Wildman–Crippen MR) is 71.8 cm³/mol. The van der Waals surface area contributed by atoms with Crippen LogP contribution in [0.5, 0.6) is 5.75 Å². The lowest BCUT2D eigenvalue weighted by molar-refractivity contribution is 0.405. The van der Waals surface area contributed by atoms with Crippen molar-refractivity contribution >= 4 is 23.1 Å². The zero-order valence-electron chi connectivity index (χ0n) is 9.71. The molecule has 1 aromatic heterocycles. The number of rotatable bonds is 4. The van der Waals surface area contributed by atoms with Crippen LogP contribution in [0.25, 0.3) is 0 Å². The first-order valence-corrected chi connectivity index (χ1v) is 6.92. The van der Waals surface area contributed by atoms with Gasteiger partial charge in [-0.15, -0.1) is 11.3 Å². The van der Waals surface area contributed by atoms with E-state index in [1.807, 2.05) is 30.5 Å². The van der Waals surface area contributed by atoms with Crippen LogP contribution in [0.3, 0.4) is 0 Å². The highest BCUT2D eigenvalue weighted by Crippen LogP contribution is 2.38. The van der Waals surface area contributed by atoms with Crippen molar-refractivity contribution in [3.63, 3.8) is 0 Å². The molecule has 1 unspecified atom stereocenters. The van der Waals surface area contributed by atoms with Crippen molar-refractivity contribution in [1.29, 1.82) is 0 Å². The number of ether oxygens (including phenoxy) is 1. The van der Waals surface area contributed by atoms with E-state index < -0.39 is 0 Å². The average Bonchev–Trinajstić information content (AvgIpc) is 2.81. The SMILES string of the molecule is COc1cccc(Sc2nccs2)c1C(C)N. The van der Waals surface area contributed by atoms with Gasteiger partial charge in [-0.1, -0.05) is 17.8 Å². The molecule has 17 heavy (non-hydrogen) atoms. The maximum absolute atomic E-state index is 6.01. The predicted octanol–water partition coefficient (Wildman–Crippen LogP) is 3.32. The van der Waals surface area contributed by atoms with Crippen LogP contribution in [-0.4, -0.2) is 12.1 Å². The first-order chi connectivity index (χ1) is 8.22. The molecule has 90 valence electrons. The van der Waals surface area contributed by atoms with Gasteiger partial charge in [-0.25, -0.2) is 4.98 Å². The fourth-order valence-corrected chi connectivity index (χ4v) is 3.43.